The Balaban J connectivity index is 2.09. The van der Waals surface area contributed by atoms with Crippen LogP contribution in [0.5, 0.6) is 0 Å². The predicted molar refractivity (Wildman–Crippen MR) is 263 cm³/mol. The van der Waals surface area contributed by atoms with Crippen LogP contribution in [0.15, 0.2) is 24.3 Å². The number of likely N-dealkylation sites (tertiary alicyclic amines) is 1. The highest BCUT2D eigenvalue weighted by Crippen LogP contribution is 2.30. The third kappa shape index (κ3) is 17.6. The molecule has 68 heavy (non-hydrogen) atoms. The standard InChI is InChI=1S/C50H86N8O10/c1-18-31(6)42(57(15)48(64)40(29(2)3)55-47(63)41(30(4)5)56(13)14)38(66-16)28-39(59)58-26-20-23-37(58)43(67-17)32(7)44(60)51-25-24-35-21-19-22-36(27-35)54-46(62)33(8)52-45(61)34(9)53-49(65)68-50(10,11)12/h19,21-22,27,29-34,37-38,40-43H,18,20,23-26,28H2,1-17H3,(H,51,60)(H,52,61)(H,53,65)(H,54,62)(H,55,63)/t31-,32+,33-,34-,37-,38+,40-,41-,42-,43+/m0/s1. The summed E-state index contributed by atoms with van der Waals surface area (Å²) in [4.78, 5) is 98.8. The lowest BCUT2D eigenvalue weighted by molar-refractivity contribution is -0.148. The molecule has 0 spiro atoms. The third-order valence-corrected chi connectivity index (χ3v) is 12.7. The summed E-state index contributed by atoms with van der Waals surface area (Å²) in [6, 6.07) is 3.28. The van der Waals surface area contributed by atoms with Crippen molar-refractivity contribution >= 4 is 47.2 Å². The van der Waals surface area contributed by atoms with Gasteiger partial charge in [-0.3, -0.25) is 33.7 Å². The van der Waals surface area contributed by atoms with E-state index in [4.69, 9.17) is 14.2 Å². The molecule has 1 aromatic rings. The number of carbonyl (C=O) groups excluding carboxylic acids is 7. The second kappa shape index (κ2) is 27.4. The number of rotatable bonds is 25. The van der Waals surface area contributed by atoms with E-state index in [0.29, 0.717) is 31.6 Å². The molecule has 0 bridgehead atoms. The molecule has 7 amide bonds. The van der Waals surface area contributed by atoms with Crippen LogP contribution in [0.3, 0.4) is 0 Å². The highest BCUT2D eigenvalue weighted by molar-refractivity contribution is 5.98. The van der Waals surface area contributed by atoms with Crippen molar-refractivity contribution in [2.24, 2.45) is 23.7 Å². The van der Waals surface area contributed by atoms with Crippen LogP contribution >= 0.6 is 0 Å². The van der Waals surface area contributed by atoms with Gasteiger partial charge in [0.1, 0.15) is 23.7 Å². The first kappa shape index (κ1) is 59.3. The molecule has 1 aromatic carbocycles. The second-order valence-corrected chi connectivity index (χ2v) is 20.3. The van der Waals surface area contributed by atoms with Crippen molar-refractivity contribution in [3.05, 3.63) is 29.8 Å². The first-order valence-corrected chi connectivity index (χ1v) is 24.2. The molecule has 18 nitrogen and oxygen atoms in total. The lowest BCUT2D eigenvalue weighted by atomic mass is 9.89. The van der Waals surface area contributed by atoms with Crippen LogP contribution in [0.25, 0.3) is 0 Å². The van der Waals surface area contributed by atoms with Gasteiger partial charge in [0, 0.05) is 40.0 Å². The molecule has 0 radical (unpaired) electrons. The summed E-state index contributed by atoms with van der Waals surface area (Å²) in [6.07, 6.45) is 0.574. The monoisotopic (exact) mass is 959 g/mol. The van der Waals surface area contributed by atoms with Crippen molar-refractivity contribution in [3.63, 3.8) is 0 Å². The number of ether oxygens (including phenoxy) is 3. The number of hydrogen-bond acceptors (Lipinski definition) is 11. The molecule has 5 N–H and O–H groups in total. The van der Waals surface area contributed by atoms with Crippen molar-refractivity contribution in [2.75, 3.05) is 53.8 Å². The number of alkyl carbamates (subject to hydrolysis) is 1. The number of hydrogen-bond donors (Lipinski definition) is 5. The maximum absolute atomic E-state index is 14.3. The Morgan fingerprint density at radius 2 is 1.44 bits per heavy atom. The minimum absolute atomic E-state index is 0.00496. The van der Waals surface area contributed by atoms with E-state index in [1.54, 1.807) is 77.0 Å². The Morgan fingerprint density at radius 3 is 1.99 bits per heavy atom. The van der Waals surface area contributed by atoms with Crippen LogP contribution in [0, 0.1) is 23.7 Å². The summed E-state index contributed by atoms with van der Waals surface area (Å²) < 4.78 is 17.2. The Bertz CT molecular complexity index is 1830. The van der Waals surface area contributed by atoms with Gasteiger partial charge in [0.2, 0.25) is 35.4 Å². The largest absolute Gasteiger partial charge is 0.444 e. The van der Waals surface area contributed by atoms with E-state index in [0.717, 1.165) is 18.4 Å². The maximum Gasteiger partial charge on any atom is 0.408 e. The molecule has 1 saturated heterocycles. The molecule has 2 rings (SSSR count). The number of carbonyl (C=O) groups is 7. The van der Waals surface area contributed by atoms with Crippen LogP contribution < -0.4 is 26.6 Å². The van der Waals surface area contributed by atoms with Crippen molar-refractivity contribution in [1.82, 2.24) is 36.0 Å². The summed E-state index contributed by atoms with van der Waals surface area (Å²) in [7, 11) is 8.52. The van der Waals surface area contributed by atoms with Gasteiger partial charge in [0.05, 0.1) is 42.7 Å². The number of nitrogens with zero attached hydrogens (tertiary/aromatic N) is 3. The van der Waals surface area contributed by atoms with E-state index in [2.05, 4.69) is 26.6 Å². The average Bonchev–Trinajstić information content (AvgIpc) is 3.73. The van der Waals surface area contributed by atoms with E-state index in [1.807, 2.05) is 66.6 Å². The molecule has 10 atom stereocenters. The number of likely N-dealkylation sites (N-methyl/N-ethyl adjacent to an activating group) is 2. The Labute approximate surface area is 406 Å². The zero-order valence-corrected chi connectivity index (χ0v) is 44.1. The van der Waals surface area contributed by atoms with Crippen LogP contribution in [-0.4, -0.2) is 159 Å². The Morgan fingerprint density at radius 1 is 0.809 bits per heavy atom. The summed E-state index contributed by atoms with van der Waals surface area (Å²) in [6.45, 7) is 22.6. The van der Waals surface area contributed by atoms with E-state index in [-0.39, 0.29) is 53.8 Å². The van der Waals surface area contributed by atoms with Crippen LogP contribution in [0.4, 0.5) is 10.5 Å². The van der Waals surface area contributed by atoms with Gasteiger partial charge in [-0.15, -0.1) is 0 Å². The number of anilines is 1. The second-order valence-electron chi connectivity index (χ2n) is 20.3. The zero-order chi connectivity index (χ0) is 51.8. The van der Waals surface area contributed by atoms with E-state index in [9.17, 15) is 33.6 Å². The molecule has 1 aliphatic heterocycles. The van der Waals surface area contributed by atoms with Gasteiger partial charge in [-0.2, -0.15) is 0 Å². The molecule has 1 aliphatic rings. The van der Waals surface area contributed by atoms with Gasteiger partial charge in [0.15, 0.2) is 0 Å². The van der Waals surface area contributed by atoms with Crippen LogP contribution in [0.1, 0.15) is 114 Å². The summed E-state index contributed by atoms with van der Waals surface area (Å²) in [5.41, 5.74) is 0.625. The number of methoxy groups -OCH3 is 2. The van der Waals surface area contributed by atoms with Crippen LogP contribution in [0.2, 0.25) is 0 Å². The summed E-state index contributed by atoms with van der Waals surface area (Å²) >= 11 is 0. The van der Waals surface area contributed by atoms with E-state index < -0.39 is 71.8 Å². The first-order valence-electron chi connectivity index (χ1n) is 24.2. The fourth-order valence-corrected chi connectivity index (χ4v) is 8.91. The molecule has 386 valence electrons. The number of nitrogens with one attached hydrogen (secondary N) is 5. The molecular formula is C50H86N8O10. The molecule has 1 heterocycles. The molecule has 18 heteroatoms. The topological polar surface area (TPSA) is 217 Å². The molecule has 0 aliphatic carbocycles. The van der Waals surface area contributed by atoms with Gasteiger partial charge in [-0.05, 0) is 103 Å². The zero-order valence-electron chi connectivity index (χ0n) is 44.1. The van der Waals surface area contributed by atoms with Crippen molar-refractivity contribution < 1.29 is 47.8 Å². The first-order chi connectivity index (χ1) is 31.7. The lowest BCUT2D eigenvalue weighted by Crippen LogP contribution is -2.59. The normalized spacial score (nSPS) is 18.1. The fourth-order valence-electron chi connectivity index (χ4n) is 8.91. The van der Waals surface area contributed by atoms with Crippen molar-refractivity contribution in [3.8, 4) is 0 Å². The highest BCUT2D eigenvalue weighted by Gasteiger charge is 2.43. The Kier molecular flexibility index (Phi) is 23.9. The molecule has 0 saturated carbocycles. The van der Waals surface area contributed by atoms with Gasteiger partial charge in [-0.25, -0.2) is 4.79 Å². The predicted octanol–water partition coefficient (Wildman–Crippen LogP) is 4.35. The quantitative estimate of drug-likeness (QED) is 0.0929. The van der Waals surface area contributed by atoms with Crippen LogP contribution in [-0.2, 0) is 49.4 Å². The van der Waals surface area contributed by atoms with E-state index in [1.165, 1.54) is 13.8 Å². The molecular weight excluding hydrogens is 873 g/mol. The smallest absolute Gasteiger partial charge is 0.408 e. The molecule has 0 unspecified atom stereocenters. The molecule has 1 fully saturated rings. The van der Waals surface area contributed by atoms with Crippen molar-refractivity contribution in [2.45, 2.75) is 169 Å². The summed E-state index contributed by atoms with van der Waals surface area (Å²) in [5.74, 6) is -2.68. The minimum atomic E-state index is -0.938. The fraction of sp³-hybridized carbons (Fsp3) is 0.740. The van der Waals surface area contributed by atoms with Gasteiger partial charge in [-0.1, -0.05) is 67.0 Å². The average molecular weight is 959 g/mol. The third-order valence-electron chi connectivity index (χ3n) is 12.7. The number of amides is 7. The minimum Gasteiger partial charge on any atom is -0.444 e. The van der Waals surface area contributed by atoms with Gasteiger partial charge in [0.25, 0.3) is 0 Å². The van der Waals surface area contributed by atoms with Gasteiger partial charge < -0.3 is 50.6 Å². The Hall–Kier alpha value is -4.81. The lowest BCUT2D eigenvalue weighted by Gasteiger charge is -2.41. The summed E-state index contributed by atoms with van der Waals surface area (Å²) in [5, 5.41) is 13.9. The maximum atomic E-state index is 14.3. The highest BCUT2D eigenvalue weighted by atomic mass is 16.6. The van der Waals surface area contributed by atoms with Crippen molar-refractivity contribution in [1.29, 1.82) is 0 Å². The van der Waals surface area contributed by atoms with Gasteiger partial charge >= 0.3 is 6.09 Å². The van der Waals surface area contributed by atoms with E-state index >= 15 is 0 Å². The SMILES string of the molecule is CC[C@H](C)[C@@H]([C@@H](CC(=O)N1CCC[C@H]1[C@H](OC)[C@@H](C)C(=O)NCCc1cccc(NC(=O)[C@H](C)NC(=O)[C@H](C)NC(=O)OC(C)(C)C)c1)OC)N(C)C(=O)[C@@H](NC(=O)[C@H](C(C)C)N(C)C)C(C)C. The molecule has 0 aromatic heterocycles. The number of benzene rings is 1.